The molecule has 1 saturated carbocycles. The molecular formula is C21H25N3O4. The zero-order chi connectivity index (χ0) is 20.4. The molecule has 1 fully saturated rings. The van der Waals surface area contributed by atoms with E-state index in [1.807, 2.05) is 12.1 Å². The number of methoxy groups -OCH3 is 1. The molecule has 3 N–H and O–H groups in total. The minimum Gasteiger partial charge on any atom is -0.465 e. The van der Waals surface area contributed by atoms with Crippen LogP contribution in [0.15, 0.2) is 24.3 Å². The molecule has 1 aliphatic carbocycles. The molecule has 7 heteroatoms. The van der Waals surface area contributed by atoms with Crippen LogP contribution in [0.2, 0.25) is 0 Å². The monoisotopic (exact) mass is 383 g/mol. The van der Waals surface area contributed by atoms with Gasteiger partial charge >= 0.3 is 5.97 Å². The molecule has 1 aromatic carbocycles. The molecule has 28 heavy (non-hydrogen) atoms. The number of aryl methyl sites for hydroxylation is 1. The summed E-state index contributed by atoms with van der Waals surface area (Å²) in [6.07, 6.45) is 1.92. The Hall–Kier alpha value is -3.09. The molecule has 0 bridgehead atoms. The smallest absolute Gasteiger partial charge is 0.339 e. The Morgan fingerprint density at radius 1 is 1.11 bits per heavy atom. The minimum atomic E-state index is -0.505. The number of hydrogen-bond acceptors (Lipinski definition) is 5. The lowest BCUT2D eigenvalue weighted by molar-refractivity contribution is -0.117. The average Bonchev–Trinajstić information content (AvgIpc) is 3.48. The largest absolute Gasteiger partial charge is 0.465 e. The second-order valence-electron chi connectivity index (χ2n) is 7.19. The fraction of sp³-hybridized carbons (Fsp3) is 0.381. The summed E-state index contributed by atoms with van der Waals surface area (Å²) in [6.45, 7) is 5.23. The highest BCUT2D eigenvalue weighted by Gasteiger charge is 2.29. The molecule has 1 aliphatic rings. The molecule has 3 rings (SSSR count). The fourth-order valence-electron chi connectivity index (χ4n) is 3.18. The van der Waals surface area contributed by atoms with Gasteiger partial charge in [-0.15, -0.1) is 0 Å². The number of aromatic amines is 1. The Kier molecular flexibility index (Phi) is 5.53. The molecule has 0 saturated heterocycles. The first-order valence-electron chi connectivity index (χ1n) is 9.31. The highest BCUT2D eigenvalue weighted by atomic mass is 16.5. The first kappa shape index (κ1) is 19.7. The van der Waals surface area contributed by atoms with E-state index in [1.54, 1.807) is 32.9 Å². The first-order chi connectivity index (χ1) is 13.3. The van der Waals surface area contributed by atoms with Gasteiger partial charge in [-0.3, -0.25) is 9.59 Å². The van der Waals surface area contributed by atoms with Crippen molar-refractivity contribution in [3.63, 3.8) is 0 Å². The number of esters is 1. The van der Waals surface area contributed by atoms with E-state index >= 15 is 0 Å². The van der Waals surface area contributed by atoms with Gasteiger partial charge in [0.25, 0.3) is 0 Å². The predicted octanol–water partition coefficient (Wildman–Crippen LogP) is 3.45. The summed E-state index contributed by atoms with van der Waals surface area (Å²) >= 11 is 0. The maximum atomic E-state index is 12.8. The Balaban J connectivity index is 1.67. The van der Waals surface area contributed by atoms with E-state index in [1.165, 1.54) is 7.11 Å². The van der Waals surface area contributed by atoms with E-state index < -0.39 is 12.0 Å². The topological polar surface area (TPSA) is 100 Å². The number of H-pyrrole nitrogens is 1. The van der Waals surface area contributed by atoms with E-state index in [0.29, 0.717) is 22.5 Å². The van der Waals surface area contributed by atoms with Crippen molar-refractivity contribution in [3.05, 3.63) is 46.8 Å². The zero-order valence-electron chi connectivity index (χ0n) is 16.5. The number of carbonyl (C=O) groups is 3. The van der Waals surface area contributed by atoms with Gasteiger partial charge in [0.2, 0.25) is 11.7 Å². The number of carbonyl (C=O) groups excluding carboxylic acids is 3. The van der Waals surface area contributed by atoms with Crippen molar-refractivity contribution in [1.29, 1.82) is 0 Å². The van der Waals surface area contributed by atoms with Crippen LogP contribution in [-0.2, 0) is 9.53 Å². The molecule has 1 aromatic heterocycles. The molecule has 1 amide bonds. The van der Waals surface area contributed by atoms with Gasteiger partial charge in [-0.2, -0.15) is 0 Å². The summed E-state index contributed by atoms with van der Waals surface area (Å²) in [6, 6.07) is 6.74. The third-order valence-corrected chi connectivity index (χ3v) is 4.95. The van der Waals surface area contributed by atoms with E-state index in [0.717, 1.165) is 24.2 Å². The summed E-state index contributed by atoms with van der Waals surface area (Å²) in [5.41, 5.74) is 3.48. The van der Waals surface area contributed by atoms with Crippen molar-refractivity contribution in [3.8, 4) is 0 Å². The van der Waals surface area contributed by atoms with Gasteiger partial charge in [0.05, 0.1) is 24.4 Å². The quantitative estimate of drug-likeness (QED) is 0.502. The van der Waals surface area contributed by atoms with Crippen molar-refractivity contribution in [1.82, 2.24) is 4.98 Å². The number of ether oxygens (including phenoxy) is 1. The molecular weight excluding hydrogens is 358 g/mol. The van der Waals surface area contributed by atoms with Crippen LogP contribution >= 0.6 is 0 Å². The lowest BCUT2D eigenvalue weighted by Gasteiger charge is -2.15. The SMILES string of the molecule is COC(=O)c1c(C)[nH]c(C(=O)[C@H](C)Nc2ccc(NC(=O)C3CC3)cc2)c1C. The lowest BCUT2D eigenvalue weighted by atomic mass is 10.0. The zero-order valence-corrected chi connectivity index (χ0v) is 16.5. The molecule has 0 unspecified atom stereocenters. The second kappa shape index (κ2) is 7.88. The standard InChI is InChI=1S/C21H25N3O4/c1-11-17(21(27)28-4)12(2)23-18(11)19(25)13(3)22-15-7-9-16(10-8-15)24-20(26)14-5-6-14/h7-10,13-14,22-23H,5-6H2,1-4H3,(H,24,26)/t13-/m0/s1. The molecule has 1 atom stereocenters. The molecule has 0 radical (unpaired) electrons. The molecule has 2 aromatic rings. The van der Waals surface area contributed by atoms with E-state index in [9.17, 15) is 14.4 Å². The molecule has 148 valence electrons. The van der Waals surface area contributed by atoms with Gasteiger partial charge in [0, 0.05) is 23.0 Å². The van der Waals surface area contributed by atoms with E-state index in [2.05, 4.69) is 15.6 Å². The van der Waals surface area contributed by atoms with E-state index in [4.69, 9.17) is 4.74 Å². The van der Waals surface area contributed by atoms with Crippen LogP contribution in [-0.4, -0.2) is 35.8 Å². The van der Waals surface area contributed by atoms with Crippen LogP contribution in [0.1, 0.15) is 51.9 Å². The second-order valence-corrected chi connectivity index (χ2v) is 7.19. The number of rotatable bonds is 7. The summed E-state index contributed by atoms with van der Waals surface area (Å²) in [5, 5.41) is 6.04. The fourth-order valence-corrected chi connectivity index (χ4v) is 3.18. The number of nitrogens with one attached hydrogen (secondary N) is 3. The number of benzene rings is 1. The van der Waals surface area contributed by atoms with Crippen LogP contribution in [0.25, 0.3) is 0 Å². The lowest BCUT2D eigenvalue weighted by Crippen LogP contribution is -2.27. The third-order valence-electron chi connectivity index (χ3n) is 4.95. The van der Waals surface area contributed by atoms with Crippen LogP contribution in [0.4, 0.5) is 11.4 Å². The van der Waals surface area contributed by atoms with Crippen molar-refractivity contribution in [2.45, 2.75) is 39.7 Å². The Labute approximate surface area is 163 Å². The Morgan fingerprint density at radius 2 is 1.71 bits per heavy atom. The minimum absolute atomic E-state index is 0.0586. The number of Topliss-reactive ketones (excluding diaryl/α,β-unsaturated/α-hetero) is 1. The first-order valence-corrected chi connectivity index (χ1v) is 9.31. The van der Waals surface area contributed by atoms with Gasteiger partial charge < -0.3 is 20.4 Å². The van der Waals surface area contributed by atoms with Crippen LogP contribution < -0.4 is 10.6 Å². The maximum Gasteiger partial charge on any atom is 0.339 e. The number of ketones is 1. The highest BCUT2D eigenvalue weighted by Crippen LogP contribution is 2.30. The van der Waals surface area contributed by atoms with Gasteiger partial charge in [-0.1, -0.05) is 0 Å². The number of hydrogen-bond donors (Lipinski definition) is 3. The number of aromatic nitrogens is 1. The summed E-state index contributed by atoms with van der Waals surface area (Å²) in [4.78, 5) is 39.6. The maximum absolute atomic E-state index is 12.8. The van der Waals surface area contributed by atoms with Gasteiger partial charge in [-0.05, 0) is 63.4 Å². The molecule has 0 spiro atoms. The van der Waals surface area contributed by atoms with Gasteiger partial charge in [0.15, 0.2) is 0 Å². The van der Waals surface area contributed by atoms with E-state index in [-0.39, 0.29) is 17.6 Å². The Morgan fingerprint density at radius 3 is 2.29 bits per heavy atom. The molecule has 1 heterocycles. The molecule has 7 nitrogen and oxygen atoms in total. The summed E-state index contributed by atoms with van der Waals surface area (Å²) in [5.74, 6) is -0.405. The molecule has 0 aliphatic heterocycles. The van der Waals surface area contributed by atoms with Gasteiger partial charge in [0.1, 0.15) is 0 Å². The predicted molar refractivity (Wildman–Crippen MR) is 107 cm³/mol. The third kappa shape index (κ3) is 4.08. The van der Waals surface area contributed by atoms with Crippen LogP contribution in [0.5, 0.6) is 0 Å². The van der Waals surface area contributed by atoms with Crippen molar-refractivity contribution in [2.24, 2.45) is 5.92 Å². The van der Waals surface area contributed by atoms with Crippen molar-refractivity contribution >= 4 is 29.0 Å². The van der Waals surface area contributed by atoms with Crippen LogP contribution in [0.3, 0.4) is 0 Å². The summed E-state index contributed by atoms with van der Waals surface area (Å²) in [7, 11) is 1.32. The number of anilines is 2. The van der Waals surface area contributed by atoms with Gasteiger partial charge in [-0.25, -0.2) is 4.79 Å². The Bertz CT molecular complexity index is 910. The van der Waals surface area contributed by atoms with Crippen LogP contribution in [0, 0.1) is 19.8 Å². The number of amides is 1. The summed E-state index contributed by atoms with van der Waals surface area (Å²) < 4.78 is 4.79. The van der Waals surface area contributed by atoms with Crippen molar-refractivity contribution in [2.75, 3.05) is 17.7 Å². The highest BCUT2D eigenvalue weighted by molar-refractivity contribution is 6.04. The average molecular weight is 383 g/mol. The van der Waals surface area contributed by atoms with Crippen molar-refractivity contribution < 1.29 is 19.1 Å². The normalized spacial score (nSPS) is 14.3.